The summed E-state index contributed by atoms with van der Waals surface area (Å²) in [5, 5.41) is 4.35. The smallest absolute Gasteiger partial charge is 0.257 e. The van der Waals surface area contributed by atoms with Gasteiger partial charge in [-0.1, -0.05) is 42.5 Å². The van der Waals surface area contributed by atoms with E-state index < -0.39 is 0 Å². The summed E-state index contributed by atoms with van der Waals surface area (Å²) in [7, 11) is 1.65. The van der Waals surface area contributed by atoms with Crippen LogP contribution in [0.25, 0.3) is 0 Å². The van der Waals surface area contributed by atoms with Gasteiger partial charge in [0.15, 0.2) is 0 Å². The van der Waals surface area contributed by atoms with Crippen molar-refractivity contribution in [1.82, 2.24) is 14.7 Å². The molecule has 1 amide bonds. The van der Waals surface area contributed by atoms with Gasteiger partial charge in [0.05, 0.1) is 25.4 Å². The molecule has 3 aromatic rings. The van der Waals surface area contributed by atoms with E-state index in [0.717, 1.165) is 11.3 Å². The molecule has 2 heterocycles. The van der Waals surface area contributed by atoms with Gasteiger partial charge in [-0.15, -0.1) is 12.4 Å². The van der Waals surface area contributed by atoms with Crippen LogP contribution in [0, 0.1) is 0 Å². The van der Waals surface area contributed by atoms with E-state index in [-0.39, 0.29) is 30.3 Å². The normalized spacial score (nSPS) is 18.3. The number of carbonyl (C=O) groups excluding carboxylic acids is 1. The SMILES string of the molecule is COc1ccc(Cn2cc(C(=O)N3C[C@@H](N)[C@H](c4ccccc4)C3)cn2)cc1.Cl. The molecule has 29 heavy (non-hydrogen) atoms. The Labute approximate surface area is 176 Å². The number of amides is 1. The van der Waals surface area contributed by atoms with E-state index in [1.807, 2.05) is 47.4 Å². The van der Waals surface area contributed by atoms with Crippen molar-refractivity contribution in [2.24, 2.45) is 5.73 Å². The van der Waals surface area contributed by atoms with Crippen LogP contribution in [0.5, 0.6) is 5.75 Å². The average Bonchev–Trinajstić information content (AvgIpc) is 3.35. The van der Waals surface area contributed by atoms with Gasteiger partial charge in [0.25, 0.3) is 5.91 Å². The molecule has 0 saturated carbocycles. The lowest BCUT2D eigenvalue weighted by Gasteiger charge is -2.15. The molecule has 2 atom stereocenters. The van der Waals surface area contributed by atoms with Crippen molar-refractivity contribution in [1.29, 1.82) is 0 Å². The molecule has 6 nitrogen and oxygen atoms in total. The number of nitrogens with two attached hydrogens (primary N) is 1. The van der Waals surface area contributed by atoms with Gasteiger partial charge in [0.1, 0.15) is 5.75 Å². The molecule has 0 radical (unpaired) electrons. The van der Waals surface area contributed by atoms with Crippen LogP contribution in [0.2, 0.25) is 0 Å². The van der Waals surface area contributed by atoms with Gasteiger partial charge in [0.2, 0.25) is 0 Å². The molecule has 1 fully saturated rings. The molecule has 1 aliphatic heterocycles. The van der Waals surface area contributed by atoms with Crippen LogP contribution in [0.1, 0.15) is 27.4 Å². The van der Waals surface area contributed by atoms with Gasteiger partial charge >= 0.3 is 0 Å². The first kappa shape index (κ1) is 20.9. The highest BCUT2D eigenvalue weighted by Crippen LogP contribution is 2.27. The third-order valence-corrected chi connectivity index (χ3v) is 5.26. The molecule has 0 unspecified atom stereocenters. The Kier molecular flexibility index (Phi) is 6.56. The summed E-state index contributed by atoms with van der Waals surface area (Å²) >= 11 is 0. The molecule has 1 saturated heterocycles. The molecule has 0 spiro atoms. The monoisotopic (exact) mass is 412 g/mol. The quantitative estimate of drug-likeness (QED) is 0.699. The molecular weight excluding hydrogens is 388 g/mol. The molecule has 1 aliphatic rings. The molecule has 4 rings (SSSR count). The molecule has 152 valence electrons. The Morgan fingerprint density at radius 1 is 1.14 bits per heavy atom. The molecular formula is C22H25ClN4O2. The van der Waals surface area contributed by atoms with Crippen molar-refractivity contribution in [3.63, 3.8) is 0 Å². The van der Waals surface area contributed by atoms with E-state index in [1.54, 1.807) is 24.2 Å². The maximum absolute atomic E-state index is 12.9. The van der Waals surface area contributed by atoms with Crippen LogP contribution >= 0.6 is 12.4 Å². The van der Waals surface area contributed by atoms with E-state index in [4.69, 9.17) is 10.5 Å². The maximum atomic E-state index is 12.9. The van der Waals surface area contributed by atoms with Crippen LogP contribution in [0.3, 0.4) is 0 Å². The van der Waals surface area contributed by atoms with Crippen LogP contribution in [0.4, 0.5) is 0 Å². The zero-order valence-electron chi connectivity index (χ0n) is 16.3. The number of hydrogen-bond donors (Lipinski definition) is 1. The van der Waals surface area contributed by atoms with Crippen LogP contribution in [0.15, 0.2) is 67.0 Å². The first-order valence-electron chi connectivity index (χ1n) is 9.39. The van der Waals surface area contributed by atoms with E-state index in [1.165, 1.54) is 5.56 Å². The fourth-order valence-electron chi connectivity index (χ4n) is 3.71. The minimum atomic E-state index is -0.0549. The second kappa shape index (κ2) is 9.11. The topological polar surface area (TPSA) is 73.4 Å². The number of halogens is 1. The fourth-order valence-corrected chi connectivity index (χ4v) is 3.71. The molecule has 7 heteroatoms. The van der Waals surface area contributed by atoms with Crippen molar-refractivity contribution >= 4 is 18.3 Å². The van der Waals surface area contributed by atoms with E-state index in [0.29, 0.717) is 25.2 Å². The fraction of sp³-hybridized carbons (Fsp3) is 0.273. The second-order valence-electron chi connectivity index (χ2n) is 7.17. The first-order valence-corrected chi connectivity index (χ1v) is 9.39. The van der Waals surface area contributed by atoms with E-state index in [9.17, 15) is 4.79 Å². The zero-order chi connectivity index (χ0) is 19.5. The lowest BCUT2D eigenvalue weighted by molar-refractivity contribution is 0.0789. The Hall–Kier alpha value is -2.83. The summed E-state index contributed by atoms with van der Waals surface area (Å²) in [6.07, 6.45) is 3.43. The summed E-state index contributed by atoms with van der Waals surface area (Å²) in [6, 6.07) is 17.9. The van der Waals surface area contributed by atoms with Crippen molar-refractivity contribution in [3.05, 3.63) is 83.7 Å². The maximum Gasteiger partial charge on any atom is 0.257 e. The number of hydrogen-bond acceptors (Lipinski definition) is 4. The molecule has 0 bridgehead atoms. The predicted octanol–water partition coefficient (Wildman–Crippen LogP) is 2.93. The minimum absolute atomic E-state index is 0. The highest BCUT2D eigenvalue weighted by molar-refractivity contribution is 5.94. The van der Waals surface area contributed by atoms with Gasteiger partial charge in [-0.2, -0.15) is 5.10 Å². The summed E-state index contributed by atoms with van der Waals surface area (Å²) in [5.41, 5.74) is 9.19. The van der Waals surface area contributed by atoms with Gasteiger partial charge < -0.3 is 15.4 Å². The molecule has 0 aliphatic carbocycles. The van der Waals surface area contributed by atoms with Gasteiger partial charge in [-0.05, 0) is 23.3 Å². The molecule has 2 N–H and O–H groups in total. The number of carbonyl (C=O) groups is 1. The van der Waals surface area contributed by atoms with Crippen LogP contribution < -0.4 is 10.5 Å². The summed E-state index contributed by atoms with van der Waals surface area (Å²) in [6.45, 7) is 1.79. The Bertz CT molecular complexity index is 943. The number of methoxy groups -OCH3 is 1. The number of likely N-dealkylation sites (tertiary alicyclic amines) is 1. The van der Waals surface area contributed by atoms with E-state index in [2.05, 4.69) is 17.2 Å². The van der Waals surface area contributed by atoms with Crippen LogP contribution in [-0.4, -0.2) is 46.8 Å². The lowest BCUT2D eigenvalue weighted by Crippen LogP contribution is -2.32. The number of ether oxygens (including phenoxy) is 1. The third kappa shape index (κ3) is 4.60. The molecule has 2 aromatic carbocycles. The molecule has 1 aromatic heterocycles. The van der Waals surface area contributed by atoms with Gasteiger partial charge in [-0.3, -0.25) is 9.48 Å². The predicted molar refractivity (Wildman–Crippen MR) is 115 cm³/mol. The second-order valence-corrected chi connectivity index (χ2v) is 7.17. The van der Waals surface area contributed by atoms with Crippen molar-refractivity contribution in [2.75, 3.05) is 20.2 Å². The highest BCUT2D eigenvalue weighted by atomic mass is 35.5. The number of benzene rings is 2. The van der Waals surface area contributed by atoms with Crippen molar-refractivity contribution in [3.8, 4) is 5.75 Å². The number of nitrogens with zero attached hydrogens (tertiary/aromatic N) is 3. The number of aromatic nitrogens is 2. The Morgan fingerprint density at radius 3 is 2.55 bits per heavy atom. The summed E-state index contributed by atoms with van der Waals surface area (Å²) in [4.78, 5) is 14.7. The first-order chi connectivity index (χ1) is 13.6. The lowest BCUT2D eigenvalue weighted by atomic mass is 9.95. The van der Waals surface area contributed by atoms with Gasteiger partial charge in [-0.25, -0.2) is 0 Å². The third-order valence-electron chi connectivity index (χ3n) is 5.26. The largest absolute Gasteiger partial charge is 0.497 e. The highest BCUT2D eigenvalue weighted by Gasteiger charge is 2.34. The average molecular weight is 413 g/mol. The van der Waals surface area contributed by atoms with Crippen LogP contribution in [-0.2, 0) is 6.54 Å². The van der Waals surface area contributed by atoms with Crippen molar-refractivity contribution in [2.45, 2.75) is 18.5 Å². The Morgan fingerprint density at radius 2 is 1.86 bits per heavy atom. The minimum Gasteiger partial charge on any atom is -0.497 e. The Balaban J connectivity index is 0.00000240. The standard InChI is InChI=1S/C22H24N4O2.ClH/c1-28-19-9-7-16(8-10-19)12-26-13-18(11-24-26)22(27)25-14-20(21(23)15-25)17-5-3-2-4-6-17;/h2-11,13,20-21H,12,14-15,23H2,1H3;1H/t20-,21+;/m0./s1. The summed E-state index contributed by atoms with van der Waals surface area (Å²) in [5.74, 6) is 0.966. The zero-order valence-corrected chi connectivity index (χ0v) is 17.1. The summed E-state index contributed by atoms with van der Waals surface area (Å²) < 4.78 is 6.96. The van der Waals surface area contributed by atoms with Gasteiger partial charge in [0, 0.05) is 31.2 Å². The van der Waals surface area contributed by atoms with E-state index >= 15 is 0 Å². The number of rotatable bonds is 5. The van der Waals surface area contributed by atoms with Crippen molar-refractivity contribution < 1.29 is 9.53 Å².